The highest BCUT2D eigenvalue weighted by Gasteiger charge is 2.29. The molecule has 0 radical (unpaired) electrons. The lowest BCUT2D eigenvalue weighted by molar-refractivity contribution is -0.139. The Balaban J connectivity index is 1.80. The molecule has 178 valence electrons. The second-order valence-corrected chi connectivity index (χ2v) is 9.80. The summed E-state index contributed by atoms with van der Waals surface area (Å²) in [5.74, 6) is 0.903. The number of nitrogens with zero attached hydrogens (tertiary/aromatic N) is 1. The van der Waals surface area contributed by atoms with Gasteiger partial charge in [-0.1, -0.05) is 89.5 Å². The number of amides is 2. The van der Waals surface area contributed by atoms with Gasteiger partial charge in [0.15, 0.2) is 0 Å². The van der Waals surface area contributed by atoms with E-state index in [0.717, 1.165) is 22.4 Å². The van der Waals surface area contributed by atoms with Crippen molar-refractivity contribution in [1.82, 2.24) is 10.2 Å². The zero-order valence-corrected chi connectivity index (χ0v) is 21.3. The molecule has 3 aromatic carbocycles. The first-order valence-electron chi connectivity index (χ1n) is 11.6. The molecule has 0 spiro atoms. The molecule has 4 nitrogen and oxygen atoms in total. The highest BCUT2D eigenvalue weighted by atomic mass is 32.2. The summed E-state index contributed by atoms with van der Waals surface area (Å²) >= 11 is 1.59. The van der Waals surface area contributed by atoms with Crippen LogP contribution in [0.15, 0.2) is 72.8 Å². The maximum atomic E-state index is 13.5. The average molecular weight is 475 g/mol. The fourth-order valence-electron chi connectivity index (χ4n) is 4.10. The van der Waals surface area contributed by atoms with Gasteiger partial charge < -0.3 is 10.2 Å². The van der Waals surface area contributed by atoms with E-state index in [-0.39, 0.29) is 11.8 Å². The van der Waals surface area contributed by atoms with E-state index < -0.39 is 6.04 Å². The number of carbonyl (C=O) groups is 2. The second kappa shape index (κ2) is 12.4. The minimum atomic E-state index is -0.581. The summed E-state index contributed by atoms with van der Waals surface area (Å²) < 4.78 is 0. The highest BCUT2D eigenvalue weighted by Crippen LogP contribution is 2.20. The van der Waals surface area contributed by atoms with Crippen LogP contribution in [0.3, 0.4) is 0 Å². The smallest absolute Gasteiger partial charge is 0.242 e. The summed E-state index contributed by atoms with van der Waals surface area (Å²) in [5.41, 5.74) is 6.88. The number of carbonyl (C=O) groups excluding carboxylic acids is 2. The Labute approximate surface area is 207 Å². The molecule has 0 fully saturated rings. The predicted molar refractivity (Wildman–Crippen MR) is 142 cm³/mol. The lowest BCUT2D eigenvalue weighted by atomic mass is 10.0. The molecule has 0 aromatic heterocycles. The molecule has 0 saturated heterocycles. The zero-order valence-electron chi connectivity index (χ0n) is 20.5. The Morgan fingerprint density at radius 2 is 1.47 bits per heavy atom. The van der Waals surface area contributed by atoms with Crippen LogP contribution in [-0.2, 0) is 28.3 Å². The Morgan fingerprint density at radius 3 is 2.09 bits per heavy atom. The van der Waals surface area contributed by atoms with Gasteiger partial charge >= 0.3 is 0 Å². The molecule has 5 heteroatoms. The number of hydrogen-bond donors (Lipinski definition) is 1. The number of hydrogen-bond acceptors (Lipinski definition) is 3. The van der Waals surface area contributed by atoms with Crippen molar-refractivity contribution in [2.75, 3.05) is 12.8 Å². The van der Waals surface area contributed by atoms with E-state index in [1.54, 1.807) is 23.7 Å². The van der Waals surface area contributed by atoms with E-state index >= 15 is 0 Å². The van der Waals surface area contributed by atoms with E-state index in [0.29, 0.717) is 18.7 Å². The van der Waals surface area contributed by atoms with Gasteiger partial charge in [-0.2, -0.15) is 0 Å². The summed E-state index contributed by atoms with van der Waals surface area (Å²) in [6.07, 6.45) is 0.472. The Morgan fingerprint density at radius 1 is 0.824 bits per heavy atom. The van der Waals surface area contributed by atoms with Gasteiger partial charge in [-0.25, -0.2) is 0 Å². The van der Waals surface area contributed by atoms with E-state index in [4.69, 9.17) is 0 Å². The van der Waals surface area contributed by atoms with Crippen LogP contribution in [0.4, 0.5) is 0 Å². The molecule has 3 rings (SSSR count). The predicted octanol–water partition coefficient (Wildman–Crippen LogP) is 5.23. The van der Waals surface area contributed by atoms with Gasteiger partial charge in [-0.3, -0.25) is 9.59 Å². The topological polar surface area (TPSA) is 49.4 Å². The molecule has 1 atom stereocenters. The van der Waals surface area contributed by atoms with Gasteiger partial charge in [0.05, 0.1) is 5.75 Å². The largest absolute Gasteiger partial charge is 0.357 e. The van der Waals surface area contributed by atoms with Crippen LogP contribution in [0.25, 0.3) is 0 Å². The van der Waals surface area contributed by atoms with Crippen LogP contribution in [-0.4, -0.2) is 35.6 Å². The SMILES string of the molecule is CNC(=O)[C@H](Cc1ccccc1)N(Cc1ccc(C)cc1)C(=O)CSCc1cc(C)cc(C)c1. The molecule has 0 unspecified atom stereocenters. The first kappa shape index (κ1) is 25.6. The van der Waals surface area contributed by atoms with E-state index in [1.165, 1.54) is 16.7 Å². The standard InChI is InChI=1S/C29H34N2O2S/c1-21-10-12-25(13-11-21)18-31(27(29(33)30-4)17-24-8-6-5-7-9-24)28(32)20-34-19-26-15-22(2)14-23(3)16-26/h5-16,27H,17-20H2,1-4H3,(H,30,33)/t27-/m0/s1. The van der Waals surface area contributed by atoms with Crippen molar-refractivity contribution in [3.8, 4) is 0 Å². The fourth-order valence-corrected chi connectivity index (χ4v) is 4.95. The summed E-state index contributed by atoms with van der Waals surface area (Å²) in [4.78, 5) is 28.2. The second-order valence-electron chi connectivity index (χ2n) is 8.82. The molecule has 0 heterocycles. The summed E-state index contributed by atoms with van der Waals surface area (Å²) in [6.45, 7) is 6.62. The molecule has 0 aliphatic rings. The number of likely N-dealkylation sites (N-methyl/N-ethyl adjacent to an activating group) is 1. The molecule has 0 aliphatic carbocycles. The van der Waals surface area contributed by atoms with E-state index in [9.17, 15) is 9.59 Å². The van der Waals surface area contributed by atoms with Gasteiger partial charge in [0.25, 0.3) is 0 Å². The lowest BCUT2D eigenvalue weighted by Gasteiger charge is -2.31. The van der Waals surface area contributed by atoms with Crippen molar-refractivity contribution in [2.24, 2.45) is 0 Å². The van der Waals surface area contributed by atoms with Gasteiger partial charge in [-0.15, -0.1) is 11.8 Å². The minimum Gasteiger partial charge on any atom is -0.357 e. The van der Waals surface area contributed by atoms with Crippen LogP contribution >= 0.6 is 11.8 Å². The van der Waals surface area contributed by atoms with Crippen molar-refractivity contribution in [3.05, 3.63) is 106 Å². The fraction of sp³-hybridized carbons (Fsp3) is 0.310. The van der Waals surface area contributed by atoms with Crippen LogP contribution in [0, 0.1) is 20.8 Å². The summed E-state index contributed by atoms with van der Waals surface area (Å²) in [7, 11) is 1.63. The molecule has 2 amide bonds. The summed E-state index contributed by atoms with van der Waals surface area (Å²) in [5, 5.41) is 2.77. The Bertz CT molecular complexity index is 1080. The highest BCUT2D eigenvalue weighted by molar-refractivity contribution is 7.99. The third kappa shape index (κ3) is 7.49. The van der Waals surface area contributed by atoms with Crippen LogP contribution in [0.1, 0.15) is 33.4 Å². The number of nitrogens with one attached hydrogen (secondary N) is 1. The van der Waals surface area contributed by atoms with Crippen molar-refractivity contribution < 1.29 is 9.59 Å². The molecular formula is C29H34N2O2S. The quantitative estimate of drug-likeness (QED) is 0.438. The Hall–Kier alpha value is -3.05. The molecule has 0 saturated carbocycles. The first-order chi connectivity index (χ1) is 16.4. The van der Waals surface area contributed by atoms with Crippen LogP contribution < -0.4 is 5.32 Å². The number of aryl methyl sites for hydroxylation is 3. The van der Waals surface area contributed by atoms with Gasteiger partial charge in [0, 0.05) is 25.8 Å². The third-order valence-electron chi connectivity index (χ3n) is 5.77. The maximum absolute atomic E-state index is 13.5. The first-order valence-corrected chi connectivity index (χ1v) is 12.8. The molecular weight excluding hydrogens is 440 g/mol. The third-order valence-corrected chi connectivity index (χ3v) is 6.76. The molecule has 1 N–H and O–H groups in total. The number of benzene rings is 3. The van der Waals surface area contributed by atoms with Crippen molar-refractivity contribution >= 4 is 23.6 Å². The lowest BCUT2D eigenvalue weighted by Crippen LogP contribution is -2.50. The average Bonchev–Trinajstić information content (AvgIpc) is 2.82. The van der Waals surface area contributed by atoms with Crippen molar-refractivity contribution in [2.45, 2.75) is 45.5 Å². The molecule has 0 bridgehead atoms. The van der Waals surface area contributed by atoms with E-state index in [2.05, 4.69) is 37.4 Å². The molecule has 0 aliphatic heterocycles. The molecule has 3 aromatic rings. The monoisotopic (exact) mass is 474 g/mol. The summed E-state index contributed by atoms with van der Waals surface area (Å²) in [6, 6.07) is 23.9. The van der Waals surface area contributed by atoms with Crippen LogP contribution in [0.2, 0.25) is 0 Å². The van der Waals surface area contributed by atoms with Crippen molar-refractivity contribution in [3.63, 3.8) is 0 Å². The number of rotatable bonds is 10. The van der Waals surface area contributed by atoms with Crippen molar-refractivity contribution in [1.29, 1.82) is 0 Å². The normalized spacial score (nSPS) is 11.6. The zero-order chi connectivity index (χ0) is 24.5. The van der Waals surface area contributed by atoms with Gasteiger partial charge in [-0.05, 0) is 37.5 Å². The minimum absolute atomic E-state index is 0.0283. The van der Waals surface area contributed by atoms with Gasteiger partial charge in [0.1, 0.15) is 6.04 Å². The van der Waals surface area contributed by atoms with Gasteiger partial charge in [0.2, 0.25) is 11.8 Å². The molecule has 34 heavy (non-hydrogen) atoms. The number of thioether (sulfide) groups is 1. The Kier molecular flexibility index (Phi) is 9.34. The van der Waals surface area contributed by atoms with Crippen LogP contribution in [0.5, 0.6) is 0 Å². The van der Waals surface area contributed by atoms with E-state index in [1.807, 2.05) is 61.5 Å². The maximum Gasteiger partial charge on any atom is 0.242 e.